The number of aromatic nitrogens is 3. The first-order valence-electron chi connectivity index (χ1n) is 7.37. The van der Waals surface area contributed by atoms with E-state index >= 15 is 0 Å². The van der Waals surface area contributed by atoms with Crippen LogP contribution in [0.3, 0.4) is 0 Å². The van der Waals surface area contributed by atoms with Crippen molar-refractivity contribution in [3.8, 4) is 0 Å². The predicted molar refractivity (Wildman–Crippen MR) is 77.9 cm³/mol. The highest BCUT2D eigenvalue weighted by atomic mass is 16.5. The minimum absolute atomic E-state index is 0.0653. The molecular formula is C14H24N4O3. The first kappa shape index (κ1) is 17.1. The molecule has 0 fully saturated rings. The normalized spacial score (nSPS) is 10.7. The highest BCUT2D eigenvalue weighted by molar-refractivity contribution is 5.88. The Hall–Kier alpha value is -1.92. The van der Waals surface area contributed by atoms with E-state index in [1.165, 1.54) is 11.8 Å². The zero-order valence-electron chi connectivity index (χ0n) is 13.2. The molecule has 0 saturated heterocycles. The summed E-state index contributed by atoms with van der Waals surface area (Å²) in [4.78, 5) is 23.7. The van der Waals surface area contributed by atoms with Crippen molar-refractivity contribution in [2.45, 2.75) is 59.0 Å². The maximum atomic E-state index is 12.0. The van der Waals surface area contributed by atoms with Crippen molar-refractivity contribution in [1.82, 2.24) is 20.3 Å². The first-order valence-corrected chi connectivity index (χ1v) is 7.37. The van der Waals surface area contributed by atoms with Crippen LogP contribution in [0.5, 0.6) is 0 Å². The number of rotatable bonds is 8. The van der Waals surface area contributed by atoms with Gasteiger partial charge in [0.2, 0.25) is 5.91 Å². The highest BCUT2D eigenvalue weighted by Crippen LogP contribution is 2.10. The number of nitrogens with one attached hydrogen (secondary N) is 1. The van der Waals surface area contributed by atoms with Crippen molar-refractivity contribution < 1.29 is 14.3 Å². The summed E-state index contributed by atoms with van der Waals surface area (Å²) in [6.07, 6.45) is 3.21. The lowest BCUT2D eigenvalue weighted by atomic mass is 10.2. The number of hydrogen-bond donors (Lipinski definition) is 1. The highest BCUT2D eigenvalue weighted by Gasteiger charge is 2.21. The molecule has 0 spiro atoms. The summed E-state index contributed by atoms with van der Waals surface area (Å²) in [7, 11) is 1.30. The topological polar surface area (TPSA) is 86.1 Å². The van der Waals surface area contributed by atoms with E-state index in [-0.39, 0.29) is 24.2 Å². The van der Waals surface area contributed by atoms with Crippen LogP contribution in [0.2, 0.25) is 0 Å². The Bertz CT molecular complexity index is 481. The molecule has 1 rings (SSSR count). The third-order valence-corrected chi connectivity index (χ3v) is 3.35. The quantitative estimate of drug-likeness (QED) is 0.731. The van der Waals surface area contributed by atoms with Crippen molar-refractivity contribution in [1.29, 1.82) is 0 Å². The van der Waals surface area contributed by atoms with E-state index < -0.39 is 5.97 Å². The first-order chi connectivity index (χ1) is 10.1. The summed E-state index contributed by atoms with van der Waals surface area (Å²) in [6, 6.07) is 0.163. The molecule has 0 unspecified atom stereocenters. The summed E-state index contributed by atoms with van der Waals surface area (Å²) >= 11 is 0. The lowest BCUT2D eigenvalue weighted by molar-refractivity contribution is -0.122. The smallest absolute Gasteiger partial charge is 0.360 e. The molecule has 0 radical (unpaired) electrons. The maximum Gasteiger partial charge on any atom is 0.360 e. The number of nitrogens with zero attached hydrogens (tertiary/aromatic N) is 3. The molecule has 1 aromatic rings. The van der Waals surface area contributed by atoms with E-state index in [1.54, 1.807) is 0 Å². The third kappa shape index (κ3) is 4.54. The van der Waals surface area contributed by atoms with Gasteiger partial charge in [0.15, 0.2) is 5.69 Å². The minimum atomic E-state index is -0.523. The Morgan fingerprint density at radius 1 is 1.29 bits per heavy atom. The number of esters is 1. The van der Waals surface area contributed by atoms with Crippen LogP contribution in [-0.4, -0.2) is 40.0 Å². The second kappa shape index (κ2) is 8.39. The molecule has 7 heteroatoms. The Kier molecular flexibility index (Phi) is 6.84. The van der Waals surface area contributed by atoms with Crippen LogP contribution < -0.4 is 5.32 Å². The molecule has 0 aliphatic carbocycles. The predicted octanol–water partition coefficient (Wildman–Crippen LogP) is 1.32. The van der Waals surface area contributed by atoms with Crippen molar-refractivity contribution in [2.75, 3.05) is 7.11 Å². The molecule has 0 atom stereocenters. The van der Waals surface area contributed by atoms with Gasteiger partial charge in [-0.25, -0.2) is 9.48 Å². The number of carbonyl (C=O) groups is 2. The van der Waals surface area contributed by atoms with Crippen LogP contribution in [0.25, 0.3) is 0 Å². The molecule has 1 aromatic heterocycles. The molecule has 0 saturated carbocycles. The second-order valence-electron chi connectivity index (χ2n) is 4.86. The summed E-state index contributed by atoms with van der Waals surface area (Å²) < 4.78 is 6.17. The Morgan fingerprint density at radius 2 is 1.95 bits per heavy atom. The average Bonchev–Trinajstić information content (AvgIpc) is 2.87. The van der Waals surface area contributed by atoms with Crippen LogP contribution in [0.4, 0.5) is 0 Å². The SMILES string of the molecule is CCCc1c(C(=O)OC)nnn1CC(=O)NC(CC)CC. The van der Waals surface area contributed by atoms with Gasteiger partial charge in [0.1, 0.15) is 6.54 Å². The number of carbonyl (C=O) groups excluding carboxylic acids is 2. The van der Waals surface area contributed by atoms with Crippen LogP contribution in [0.15, 0.2) is 0 Å². The fourth-order valence-corrected chi connectivity index (χ4v) is 2.10. The standard InChI is InChI=1S/C14H24N4O3/c1-5-8-11-13(14(20)21-4)16-17-18(11)9-12(19)15-10(6-2)7-3/h10H,5-9H2,1-4H3,(H,15,19). The molecule has 0 aromatic carbocycles. The van der Waals surface area contributed by atoms with Crippen LogP contribution in [0, 0.1) is 0 Å². The van der Waals surface area contributed by atoms with E-state index in [0.717, 1.165) is 19.3 Å². The summed E-state index contributed by atoms with van der Waals surface area (Å²) in [5.74, 6) is -0.646. The third-order valence-electron chi connectivity index (χ3n) is 3.35. The Morgan fingerprint density at radius 3 is 2.48 bits per heavy atom. The van der Waals surface area contributed by atoms with E-state index in [9.17, 15) is 9.59 Å². The van der Waals surface area contributed by atoms with Crippen LogP contribution in [0.1, 0.15) is 56.2 Å². The summed E-state index contributed by atoms with van der Waals surface area (Å²) in [6.45, 7) is 6.11. The fraction of sp³-hybridized carbons (Fsp3) is 0.714. The van der Waals surface area contributed by atoms with Gasteiger partial charge in [-0.2, -0.15) is 0 Å². The molecule has 1 amide bonds. The monoisotopic (exact) mass is 296 g/mol. The van der Waals surface area contributed by atoms with Gasteiger partial charge in [0.05, 0.1) is 12.8 Å². The lowest BCUT2D eigenvalue weighted by Crippen LogP contribution is -2.36. The van der Waals surface area contributed by atoms with Gasteiger partial charge >= 0.3 is 5.97 Å². The van der Waals surface area contributed by atoms with Gasteiger partial charge in [-0.05, 0) is 19.3 Å². The van der Waals surface area contributed by atoms with Crippen molar-refractivity contribution in [3.63, 3.8) is 0 Å². The van der Waals surface area contributed by atoms with E-state index in [0.29, 0.717) is 12.1 Å². The van der Waals surface area contributed by atoms with Gasteiger partial charge in [-0.3, -0.25) is 4.79 Å². The molecule has 1 N–H and O–H groups in total. The summed E-state index contributed by atoms with van der Waals surface area (Å²) in [5, 5.41) is 10.7. The lowest BCUT2D eigenvalue weighted by Gasteiger charge is -2.15. The van der Waals surface area contributed by atoms with Crippen LogP contribution in [-0.2, 0) is 22.5 Å². The van der Waals surface area contributed by atoms with Gasteiger partial charge in [0, 0.05) is 6.04 Å². The molecule has 21 heavy (non-hydrogen) atoms. The van der Waals surface area contributed by atoms with Gasteiger partial charge in [-0.15, -0.1) is 5.10 Å². The number of amides is 1. The van der Waals surface area contributed by atoms with Crippen molar-refractivity contribution in [3.05, 3.63) is 11.4 Å². The Balaban J connectivity index is 2.85. The largest absolute Gasteiger partial charge is 0.464 e. The average molecular weight is 296 g/mol. The van der Waals surface area contributed by atoms with Crippen LogP contribution >= 0.6 is 0 Å². The Labute approximate surface area is 125 Å². The van der Waals surface area contributed by atoms with Crippen molar-refractivity contribution >= 4 is 11.9 Å². The second-order valence-corrected chi connectivity index (χ2v) is 4.86. The van der Waals surface area contributed by atoms with Gasteiger partial charge in [-0.1, -0.05) is 32.4 Å². The molecule has 0 aliphatic rings. The molecule has 7 nitrogen and oxygen atoms in total. The number of methoxy groups -OCH3 is 1. The number of ether oxygens (including phenoxy) is 1. The van der Waals surface area contributed by atoms with Gasteiger partial charge < -0.3 is 10.1 Å². The van der Waals surface area contributed by atoms with E-state index in [4.69, 9.17) is 0 Å². The minimum Gasteiger partial charge on any atom is -0.464 e. The molecule has 0 bridgehead atoms. The maximum absolute atomic E-state index is 12.0. The summed E-state index contributed by atoms with van der Waals surface area (Å²) in [5.41, 5.74) is 0.832. The fourth-order valence-electron chi connectivity index (χ4n) is 2.10. The van der Waals surface area contributed by atoms with E-state index in [2.05, 4.69) is 20.4 Å². The zero-order valence-corrected chi connectivity index (χ0v) is 13.2. The van der Waals surface area contributed by atoms with Crippen molar-refractivity contribution in [2.24, 2.45) is 0 Å². The molecule has 118 valence electrons. The number of hydrogen-bond acceptors (Lipinski definition) is 5. The van der Waals surface area contributed by atoms with E-state index in [1.807, 2.05) is 20.8 Å². The zero-order chi connectivity index (χ0) is 15.8. The van der Waals surface area contributed by atoms with Gasteiger partial charge in [0.25, 0.3) is 0 Å². The molecule has 1 heterocycles. The molecular weight excluding hydrogens is 272 g/mol. The molecule has 0 aliphatic heterocycles.